The standard InChI is InChI=1S/C21H28O3/c1-19-8-6-14(23-3)10-13(19)4-5-15-16-7-9-21(12-24-21)20(16,2)11-17(22)18(15)19/h4,10,15-16,18H,5-9,11-12H2,1-3H3/t15-,16+,18-,19-,20-,21-/m0/s1. The maximum Gasteiger partial charge on any atom is 0.137 e. The average Bonchev–Trinajstić information content (AvgIpc) is 3.28. The van der Waals surface area contributed by atoms with Crippen LogP contribution in [-0.4, -0.2) is 25.1 Å². The molecule has 0 bridgehead atoms. The Hall–Kier alpha value is -1.09. The Morgan fingerprint density at radius 2 is 2.08 bits per heavy atom. The Balaban J connectivity index is 1.57. The van der Waals surface area contributed by atoms with Crippen molar-refractivity contribution in [3.05, 3.63) is 23.5 Å². The molecule has 1 saturated heterocycles. The zero-order chi connectivity index (χ0) is 16.7. The van der Waals surface area contributed by atoms with Crippen molar-refractivity contribution in [3.8, 4) is 0 Å². The topological polar surface area (TPSA) is 38.8 Å². The second-order valence-corrected chi connectivity index (χ2v) is 9.26. The molecule has 3 nitrogen and oxygen atoms in total. The second-order valence-electron chi connectivity index (χ2n) is 9.26. The monoisotopic (exact) mass is 328 g/mol. The van der Waals surface area contributed by atoms with Gasteiger partial charge in [-0.15, -0.1) is 0 Å². The van der Waals surface area contributed by atoms with Crippen molar-refractivity contribution >= 4 is 5.78 Å². The van der Waals surface area contributed by atoms with Crippen LogP contribution in [0.2, 0.25) is 0 Å². The maximum atomic E-state index is 13.4. The molecular weight excluding hydrogens is 300 g/mol. The van der Waals surface area contributed by atoms with Crippen molar-refractivity contribution in [3.63, 3.8) is 0 Å². The first-order chi connectivity index (χ1) is 11.4. The number of hydrogen-bond acceptors (Lipinski definition) is 3. The van der Waals surface area contributed by atoms with Crippen LogP contribution in [0.15, 0.2) is 23.5 Å². The van der Waals surface area contributed by atoms with Crippen LogP contribution in [0.25, 0.3) is 0 Å². The normalized spacial score (nSPS) is 52.1. The lowest BCUT2D eigenvalue weighted by molar-refractivity contribution is -0.144. The first kappa shape index (κ1) is 15.2. The van der Waals surface area contributed by atoms with Crippen molar-refractivity contribution in [2.75, 3.05) is 13.7 Å². The summed E-state index contributed by atoms with van der Waals surface area (Å²) < 4.78 is 11.4. The first-order valence-corrected chi connectivity index (χ1v) is 9.55. The van der Waals surface area contributed by atoms with Crippen molar-refractivity contribution in [2.45, 2.75) is 58.0 Å². The van der Waals surface area contributed by atoms with Gasteiger partial charge in [-0.2, -0.15) is 0 Å². The van der Waals surface area contributed by atoms with E-state index in [4.69, 9.17) is 9.47 Å². The van der Waals surface area contributed by atoms with E-state index >= 15 is 0 Å². The lowest BCUT2D eigenvalue weighted by Crippen LogP contribution is -2.55. The number of ketones is 1. The number of allylic oxidation sites excluding steroid dienone is 4. The summed E-state index contributed by atoms with van der Waals surface area (Å²) in [6.07, 6.45) is 10.8. The van der Waals surface area contributed by atoms with Gasteiger partial charge < -0.3 is 9.47 Å². The molecule has 1 spiro atoms. The second kappa shape index (κ2) is 4.55. The van der Waals surface area contributed by atoms with Gasteiger partial charge in [-0.1, -0.05) is 19.9 Å². The van der Waals surface area contributed by atoms with E-state index in [1.165, 1.54) is 12.0 Å². The van der Waals surface area contributed by atoms with Crippen molar-refractivity contribution in [1.82, 2.24) is 0 Å². The Kier molecular flexibility index (Phi) is 2.88. The van der Waals surface area contributed by atoms with E-state index in [0.717, 1.165) is 44.5 Å². The van der Waals surface area contributed by atoms with E-state index in [1.807, 2.05) is 0 Å². The summed E-state index contributed by atoms with van der Waals surface area (Å²) in [6, 6.07) is 0. The summed E-state index contributed by atoms with van der Waals surface area (Å²) in [6.45, 7) is 5.55. The fraction of sp³-hybridized carbons (Fsp3) is 0.762. The molecule has 4 aliphatic carbocycles. The number of rotatable bonds is 1. The van der Waals surface area contributed by atoms with Crippen LogP contribution in [0.5, 0.6) is 0 Å². The van der Waals surface area contributed by atoms with Gasteiger partial charge in [-0.3, -0.25) is 4.79 Å². The molecule has 2 saturated carbocycles. The summed E-state index contributed by atoms with van der Waals surface area (Å²) in [5, 5.41) is 0. The van der Waals surface area contributed by atoms with Gasteiger partial charge >= 0.3 is 0 Å². The van der Waals surface area contributed by atoms with E-state index in [1.54, 1.807) is 7.11 Å². The molecule has 3 heteroatoms. The van der Waals surface area contributed by atoms with E-state index in [0.29, 0.717) is 17.6 Å². The summed E-state index contributed by atoms with van der Waals surface area (Å²) in [7, 11) is 1.76. The SMILES string of the molecule is COC1=CC2=CC[C@@H]3[C@@H](C(=O)C[C@@]4(C)[C@@H]3CC[C@]43CO3)[C@@]2(C)CC1. The molecule has 0 aromatic rings. The van der Waals surface area contributed by atoms with Crippen LogP contribution < -0.4 is 0 Å². The molecule has 5 rings (SSSR count). The van der Waals surface area contributed by atoms with Crippen molar-refractivity contribution in [2.24, 2.45) is 28.6 Å². The molecule has 3 fully saturated rings. The molecule has 130 valence electrons. The van der Waals surface area contributed by atoms with E-state index < -0.39 is 0 Å². The first-order valence-electron chi connectivity index (χ1n) is 9.55. The number of epoxide rings is 1. The highest BCUT2D eigenvalue weighted by atomic mass is 16.6. The molecule has 0 aromatic carbocycles. The van der Waals surface area contributed by atoms with Gasteiger partial charge in [-0.05, 0) is 49.2 Å². The van der Waals surface area contributed by atoms with E-state index in [9.17, 15) is 4.79 Å². The Morgan fingerprint density at radius 1 is 1.29 bits per heavy atom. The molecule has 0 N–H and O–H groups in total. The van der Waals surface area contributed by atoms with Crippen LogP contribution >= 0.6 is 0 Å². The molecule has 5 aliphatic rings. The Bertz CT molecular complexity index is 671. The minimum absolute atomic E-state index is 0.00349. The quantitative estimate of drug-likeness (QED) is 0.682. The fourth-order valence-electron chi connectivity index (χ4n) is 6.93. The smallest absolute Gasteiger partial charge is 0.137 e. The third kappa shape index (κ3) is 1.65. The predicted octanol–water partition coefficient (Wildman–Crippen LogP) is 4.04. The lowest BCUT2D eigenvalue weighted by Gasteiger charge is -2.55. The van der Waals surface area contributed by atoms with E-state index in [2.05, 4.69) is 26.0 Å². The van der Waals surface area contributed by atoms with Gasteiger partial charge in [0.05, 0.1) is 25.1 Å². The summed E-state index contributed by atoms with van der Waals surface area (Å²) >= 11 is 0. The molecular formula is C21H28O3. The molecule has 0 unspecified atom stereocenters. The summed E-state index contributed by atoms with van der Waals surface area (Å²) in [4.78, 5) is 13.4. The third-order valence-electron chi connectivity index (χ3n) is 8.47. The van der Waals surface area contributed by atoms with Gasteiger partial charge in [0.1, 0.15) is 5.78 Å². The lowest BCUT2D eigenvalue weighted by atomic mass is 9.47. The molecule has 6 atom stereocenters. The van der Waals surface area contributed by atoms with Crippen molar-refractivity contribution in [1.29, 1.82) is 0 Å². The zero-order valence-electron chi connectivity index (χ0n) is 15.1. The van der Waals surface area contributed by atoms with Crippen LogP contribution in [0.1, 0.15) is 52.4 Å². The van der Waals surface area contributed by atoms with Crippen LogP contribution in [0.3, 0.4) is 0 Å². The van der Waals surface area contributed by atoms with Crippen molar-refractivity contribution < 1.29 is 14.3 Å². The summed E-state index contributed by atoms with van der Waals surface area (Å²) in [5.41, 5.74) is 1.47. The minimum Gasteiger partial charge on any atom is -0.501 e. The molecule has 0 radical (unpaired) electrons. The Labute approximate surface area is 144 Å². The molecule has 1 aliphatic heterocycles. The summed E-state index contributed by atoms with van der Waals surface area (Å²) in [5.74, 6) is 2.91. The fourth-order valence-corrected chi connectivity index (χ4v) is 6.93. The molecule has 24 heavy (non-hydrogen) atoms. The highest BCUT2D eigenvalue weighted by Crippen LogP contribution is 2.69. The highest BCUT2D eigenvalue weighted by Gasteiger charge is 2.71. The number of Topliss-reactive ketones (excluding diaryl/α,β-unsaturated/α-hetero) is 1. The number of methoxy groups -OCH3 is 1. The molecule has 0 aromatic heterocycles. The predicted molar refractivity (Wildman–Crippen MR) is 91.3 cm³/mol. The molecule has 1 heterocycles. The third-order valence-corrected chi connectivity index (χ3v) is 8.47. The van der Waals surface area contributed by atoms with Crippen LogP contribution in [0, 0.1) is 28.6 Å². The van der Waals surface area contributed by atoms with Gasteiger partial charge in [0.25, 0.3) is 0 Å². The number of carbonyl (C=O) groups excluding carboxylic acids is 1. The molecule has 0 amide bonds. The van der Waals surface area contributed by atoms with Gasteiger partial charge in [0.2, 0.25) is 0 Å². The number of fused-ring (bicyclic) bond motifs is 6. The van der Waals surface area contributed by atoms with Gasteiger partial charge in [0.15, 0.2) is 0 Å². The highest BCUT2D eigenvalue weighted by molar-refractivity contribution is 5.85. The van der Waals surface area contributed by atoms with Crippen LogP contribution in [-0.2, 0) is 14.3 Å². The van der Waals surface area contributed by atoms with Gasteiger partial charge in [0, 0.05) is 29.6 Å². The number of hydrogen-bond donors (Lipinski definition) is 0. The average molecular weight is 328 g/mol. The van der Waals surface area contributed by atoms with Gasteiger partial charge in [-0.25, -0.2) is 0 Å². The number of ether oxygens (including phenoxy) is 2. The van der Waals surface area contributed by atoms with Crippen LogP contribution in [0.4, 0.5) is 0 Å². The zero-order valence-corrected chi connectivity index (χ0v) is 15.1. The van der Waals surface area contributed by atoms with E-state index in [-0.39, 0.29) is 22.3 Å². The maximum absolute atomic E-state index is 13.4. The Morgan fingerprint density at radius 3 is 2.79 bits per heavy atom. The number of carbonyl (C=O) groups is 1. The largest absolute Gasteiger partial charge is 0.501 e. The minimum atomic E-state index is 0.00349.